The van der Waals surface area contributed by atoms with Gasteiger partial charge in [-0.25, -0.2) is 4.79 Å². The number of carbonyl (C=O) groups is 3. The van der Waals surface area contributed by atoms with Gasteiger partial charge in [-0.2, -0.15) is 0 Å². The van der Waals surface area contributed by atoms with Gasteiger partial charge in [-0.15, -0.1) is 0 Å². The summed E-state index contributed by atoms with van der Waals surface area (Å²) in [7, 11) is 0. The van der Waals surface area contributed by atoms with Crippen LogP contribution < -0.4 is 10.2 Å². The summed E-state index contributed by atoms with van der Waals surface area (Å²) in [6.07, 6.45) is -10.5. The number of rotatable bonds is 7. The van der Waals surface area contributed by atoms with Crippen LogP contribution in [0, 0.1) is 0 Å². The van der Waals surface area contributed by atoms with Crippen molar-refractivity contribution in [2.75, 3.05) is 6.61 Å². The number of hydrogen-bond acceptors (Lipinski definition) is 12. The Hall–Kier alpha value is -0.610. The van der Waals surface area contributed by atoms with Crippen molar-refractivity contribution in [2.45, 2.75) is 50.5 Å². The predicted octanol–water partition coefficient (Wildman–Crippen LogP) is -7.64. The second kappa shape index (κ2) is 17.8. The molecule has 0 fully saturated rings. The molecule has 0 aliphatic rings. The maximum absolute atomic E-state index is 10.1. The van der Waals surface area contributed by atoms with E-state index in [9.17, 15) is 24.6 Å². The van der Waals surface area contributed by atoms with Gasteiger partial charge >= 0.3 is 43.7 Å². The van der Waals surface area contributed by atoms with Crippen LogP contribution in [-0.2, 0) is 14.4 Å². The maximum atomic E-state index is 10.1. The van der Waals surface area contributed by atoms with Crippen LogP contribution in [0.25, 0.3) is 0 Å². The Bertz CT molecular complexity index is 383. The number of carboxylic acid groups (broad SMARTS) is 3. The summed E-state index contributed by atoms with van der Waals surface area (Å²) in [5.41, 5.74) is 0. The molecule has 0 aromatic rings. The second-order valence-corrected chi connectivity index (χ2v) is 4.50. The van der Waals surface area contributed by atoms with E-state index in [4.69, 9.17) is 40.9 Å². The smallest absolute Gasteiger partial charge is 0.547 e. The van der Waals surface area contributed by atoms with Gasteiger partial charge in [0.25, 0.3) is 0 Å². The molecule has 6 unspecified atom stereocenters. The topological polar surface area (TPSA) is 259 Å². The number of carbonyl (C=O) groups excluding carboxylic acids is 2. The molecule has 0 amide bonds. The largest absolute Gasteiger partial charge is 2.00 e. The van der Waals surface area contributed by atoms with E-state index in [1.807, 2.05) is 0 Å². The fraction of sp³-hybridized carbons (Fsp3) is 0.750. The first-order valence-electron chi connectivity index (χ1n) is 6.54. The van der Waals surface area contributed by atoms with Crippen molar-refractivity contribution in [1.82, 2.24) is 0 Å². The van der Waals surface area contributed by atoms with E-state index in [-0.39, 0.29) is 37.7 Å². The molecule has 0 aromatic heterocycles. The quantitative estimate of drug-likeness (QED) is 0.180. The van der Waals surface area contributed by atoms with Crippen LogP contribution >= 0.6 is 0 Å². The monoisotopic (exact) mass is 414 g/mol. The Labute approximate surface area is 177 Å². The molecule has 14 heteroatoms. The average molecular weight is 414 g/mol. The van der Waals surface area contributed by atoms with Crippen LogP contribution in [0.4, 0.5) is 0 Å². The molecule has 150 valence electrons. The summed E-state index contributed by atoms with van der Waals surface area (Å²) < 4.78 is 0. The van der Waals surface area contributed by atoms with Gasteiger partial charge in [-0.05, 0) is 13.8 Å². The minimum atomic E-state index is -2.20. The van der Waals surface area contributed by atoms with Crippen LogP contribution in [-0.4, -0.2) is 140 Å². The van der Waals surface area contributed by atoms with E-state index in [1.54, 1.807) is 0 Å². The van der Waals surface area contributed by atoms with Gasteiger partial charge in [0.05, 0.1) is 30.8 Å². The second-order valence-electron chi connectivity index (χ2n) is 4.50. The number of aliphatic hydroxyl groups excluding tert-OH is 7. The minimum Gasteiger partial charge on any atom is -0.547 e. The SMILES string of the molecule is CC(O)C(=O)[O-].CC(O)C(=O)[O-].O=C(O)C(O)C(O)C(O)C(O)CO.[Ca+2]. The van der Waals surface area contributed by atoms with Crippen LogP contribution in [0.2, 0.25) is 0 Å². The van der Waals surface area contributed by atoms with Crippen molar-refractivity contribution in [3.63, 3.8) is 0 Å². The van der Waals surface area contributed by atoms with E-state index in [1.165, 1.54) is 0 Å². The van der Waals surface area contributed by atoms with E-state index in [2.05, 4.69) is 0 Å². The molecule has 0 saturated heterocycles. The zero-order valence-electron chi connectivity index (χ0n) is 14.0. The summed E-state index contributed by atoms with van der Waals surface area (Å²) in [5, 5.41) is 86.4. The normalized spacial score (nSPS) is 16.5. The van der Waals surface area contributed by atoms with E-state index >= 15 is 0 Å². The zero-order valence-corrected chi connectivity index (χ0v) is 16.2. The zero-order chi connectivity index (χ0) is 20.9. The molecule has 6 atom stereocenters. The van der Waals surface area contributed by atoms with Gasteiger partial charge in [0.15, 0.2) is 6.10 Å². The number of aliphatic hydroxyl groups is 7. The Morgan fingerprint density at radius 1 is 0.808 bits per heavy atom. The van der Waals surface area contributed by atoms with Gasteiger partial charge in [0.1, 0.15) is 18.3 Å². The van der Waals surface area contributed by atoms with Crippen molar-refractivity contribution in [2.24, 2.45) is 0 Å². The summed E-state index contributed by atoms with van der Waals surface area (Å²) >= 11 is 0. The molecular weight excluding hydrogens is 392 g/mol. The number of carboxylic acids is 3. The first-order valence-corrected chi connectivity index (χ1v) is 6.54. The van der Waals surface area contributed by atoms with Gasteiger partial charge < -0.3 is 60.7 Å². The first kappa shape index (κ1) is 33.0. The van der Waals surface area contributed by atoms with Crippen LogP contribution in [0.3, 0.4) is 0 Å². The first-order chi connectivity index (χ1) is 11.2. The molecule has 26 heavy (non-hydrogen) atoms. The van der Waals surface area contributed by atoms with Crippen LogP contribution in [0.1, 0.15) is 13.8 Å². The molecule has 0 bridgehead atoms. The van der Waals surface area contributed by atoms with E-state index in [0.29, 0.717) is 0 Å². The Morgan fingerprint density at radius 3 is 1.23 bits per heavy atom. The summed E-state index contributed by atoms with van der Waals surface area (Å²) in [5.74, 6) is -4.60. The van der Waals surface area contributed by atoms with Gasteiger partial charge in [-0.3, -0.25) is 0 Å². The third-order valence-electron chi connectivity index (χ3n) is 2.19. The molecule has 0 radical (unpaired) electrons. The Kier molecular flexibility index (Phi) is 22.6. The van der Waals surface area contributed by atoms with E-state index < -0.39 is 61.1 Å². The van der Waals surface area contributed by atoms with Crippen molar-refractivity contribution >= 4 is 55.6 Å². The van der Waals surface area contributed by atoms with Crippen LogP contribution in [0.5, 0.6) is 0 Å². The summed E-state index contributed by atoms with van der Waals surface area (Å²) in [6, 6.07) is 0. The maximum Gasteiger partial charge on any atom is 2.00 e. The third kappa shape index (κ3) is 18.2. The van der Waals surface area contributed by atoms with Crippen molar-refractivity contribution in [3.05, 3.63) is 0 Å². The molecular formula is C12H22CaO13. The van der Waals surface area contributed by atoms with Crippen molar-refractivity contribution < 1.29 is 65.4 Å². The molecule has 0 spiro atoms. The van der Waals surface area contributed by atoms with Crippen molar-refractivity contribution in [3.8, 4) is 0 Å². The van der Waals surface area contributed by atoms with E-state index in [0.717, 1.165) is 13.8 Å². The van der Waals surface area contributed by atoms with Gasteiger partial charge in [0.2, 0.25) is 0 Å². The molecule has 0 aliphatic carbocycles. The molecule has 0 saturated carbocycles. The number of aliphatic carboxylic acids is 3. The molecule has 0 aromatic carbocycles. The third-order valence-corrected chi connectivity index (χ3v) is 2.19. The van der Waals surface area contributed by atoms with Crippen molar-refractivity contribution in [1.29, 1.82) is 0 Å². The average Bonchev–Trinajstić information content (AvgIpc) is 2.52. The standard InChI is InChI=1S/C6H12O7.2C3H6O3.Ca/c7-1-2(8)3(9)4(10)5(11)6(12)13;2*1-2(4)3(5)6;/h2-5,7-11H,1H2,(H,12,13);2*2,4H,1H3,(H,5,6);/q;;;+2/p-2. The van der Waals surface area contributed by atoms with Gasteiger partial charge in [0, 0.05) is 0 Å². The van der Waals surface area contributed by atoms with Crippen LogP contribution in [0.15, 0.2) is 0 Å². The number of hydrogen-bond donors (Lipinski definition) is 8. The molecule has 0 rings (SSSR count). The van der Waals surface area contributed by atoms with Gasteiger partial charge in [-0.1, -0.05) is 0 Å². The summed E-state index contributed by atoms with van der Waals surface area (Å²) in [4.78, 5) is 28.8. The molecule has 0 aliphatic heterocycles. The summed E-state index contributed by atoms with van der Waals surface area (Å²) in [6.45, 7) is 1.43. The fourth-order valence-electron chi connectivity index (χ4n) is 0.668. The predicted molar refractivity (Wildman–Crippen MR) is 77.9 cm³/mol. The fourth-order valence-corrected chi connectivity index (χ4v) is 0.668. The Balaban J connectivity index is -0.000000157. The molecule has 0 heterocycles. The molecule has 8 N–H and O–H groups in total. The Morgan fingerprint density at radius 2 is 1.08 bits per heavy atom. The molecule has 13 nitrogen and oxygen atoms in total. The minimum absolute atomic E-state index is 0.